The van der Waals surface area contributed by atoms with E-state index in [-0.39, 0.29) is 0 Å². The van der Waals surface area contributed by atoms with Crippen LogP contribution in [0.5, 0.6) is 0 Å². The normalized spacial score (nSPS) is 15.5. The summed E-state index contributed by atoms with van der Waals surface area (Å²) in [5, 5.41) is 9.01. The first kappa shape index (κ1) is 19.8. The molecule has 29 heavy (non-hydrogen) atoms. The molecule has 1 aliphatic rings. The number of aryl methyl sites for hydroxylation is 2. The molecule has 3 nitrogen and oxygen atoms in total. The maximum Gasteiger partial charge on any atom is 0.0932 e. The van der Waals surface area contributed by atoms with Crippen LogP contribution in [0.1, 0.15) is 42.5 Å². The molecular formula is C26H31N3. The Balaban J connectivity index is 1.22. The molecule has 2 aromatic carbocycles. The molecule has 0 atom stereocenters. The highest BCUT2D eigenvalue weighted by atomic mass is 15.1. The van der Waals surface area contributed by atoms with Gasteiger partial charge in [0, 0.05) is 12.1 Å². The number of rotatable bonds is 7. The van der Waals surface area contributed by atoms with E-state index in [0.717, 1.165) is 35.8 Å². The standard InChI is InChI=1S/C26H31N3/c1-21-19-26(24-12-6-3-7-13-24)28-27-25(21)14-8-11-22-15-17-29(18-16-22)20-23-9-4-2-5-10-23/h2-7,9-10,12-13,19,22H,8,11,14-18,20H2,1H3. The van der Waals surface area contributed by atoms with E-state index in [1.165, 1.54) is 49.9 Å². The highest BCUT2D eigenvalue weighted by Gasteiger charge is 2.19. The minimum absolute atomic E-state index is 0.860. The maximum atomic E-state index is 4.54. The van der Waals surface area contributed by atoms with Gasteiger partial charge in [0.2, 0.25) is 0 Å². The van der Waals surface area contributed by atoms with E-state index in [2.05, 4.69) is 70.6 Å². The molecule has 1 saturated heterocycles. The van der Waals surface area contributed by atoms with Crippen LogP contribution in [0.25, 0.3) is 11.3 Å². The summed E-state index contributed by atoms with van der Waals surface area (Å²) in [6.45, 7) is 5.71. The molecule has 0 aliphatic carbocycles. The van der Waals surface area contributed by atoms with E-state index in [4.69, 9.17) is 0 Å². The molecule has 0 bridgehead atoms. The van der Waals surface area contributed by atoms with Gasteiger partial charge in [0.15, 0.2) is 0 Å². The van der Waals surface area contributed by atoms with Crippen LogP contribution in [0.15, 0.2) is 66.7 Å². The molecule has 0 unspecified atom stereocenters. The van der Waals surface area contributed by atoms with E-state index in [1.54, 1.807) is 0 Å². The second-order valence-electron chi connectivity index (χ2n) is 8.32. The van der Waals surface area contributed by atoms with Gasteiger partial charge in [-0.15, -0.1) is 0 Å². The topological polar surface area (TPSA) is 29.0 Å². The molecule has 2 heterocycles. The Kier molecular flexibility index (Phi) is 6.68. The van der Waals surface area contributed by atoms with Crippen molar-refractivity contribution in [1.82, 2.24) is 15.1 Å². The van der Waals surface area contributed by atoms with Crippen molar-refractivity contribution < 1.29 is 0 Å². The predicted molar refractivity (Wildman–Crippen MR) is 120 cm³/mol. The number of aromatic nitrogens is 2. The molecule has 3 heteroatoms. The largest absolute Gasteiger partial charge is 0.299 e. The minimum atomic E-state index is 0.860. The van der Waals surface area contributed by atoms with E-state index < -0.39 is 0 Å². The van der Waals surface area contributed by atoms with Crippen molar-refractivity contribution >= 4 is 0 Å². The zero-order valence-electron chi connectivity index (χ0n) is 17.4. The van der Waals surface area contributed by atoms with Gasteiger partial charge in [0.05, 0.1) is 11.4 Å². The summed E-state index contributed by atoms with van der Waals surface area (Å²) >= 11 is 0. The van der Waals surface area contributed by atoms with Crippen molar-refractivity contribution in [3.05, 3.63) is 83.6 Å². The van der Waals surface area contributed by atoms with Crippen molar-refractivity contribution in [2.45, 2.75) is 45.6 Å². The van der Waals surface area contributed by atoms with E-state index in [9.17, 15) is 0 Å². The third-order valence-corrected chi connectivity index (χ3v) is 6.14. The Morgan fingerprint density at radius 3 is 2.28 bits per heavy atom. The number of likely N-dealkylation sites (tertiary alicyclic amines) is 1. The average molecular weight is 386 g/mol. The first-order chi connectivity index (χ1) is 14.3. The molecule has 1 aliphatic heterocycles. The maximum absolute atomic E-state index is 4.54. The summed E-state index contributed by atoms with van der Waals surface area (Å²) in [6, 6.07) is 23.3. The molecule has 1 aromatic heterocycles. The van der Waals surface area contributed by atoms with Gasteiger partial charge in [-0.25, -0.2) is 0 Å². The molecule has 0 radical (unpaired) electrons. The van der Waals surface area contributed by atoms with E-state index in [1.807, 2.05) is 18.2 Å². The van der Waals surface area contributed by atoms with Gasteiger partial charge in [-0.2, -0.15) is 10.2 Å². The quantitative estimate of drug-likeness (QED) is 0.523. The van der Waals surface area contributed by atoms with Crippen LogP contribution in [-0.2, 0) is 13.0 Å². The fourth-order valence-electron chi connectivity index (χ4n) is 4.34. The van der Waals surface area contributed by atoms with Crippen molar-refractivity contribution in [3.63, 3.8) is 0 Å². The number of nitrogens with zero attached hydrogens (tertiary/aromatic N) is 3. The third-order valence-electron chi connectivity index (χ3n) is 6.14. The molecule has 0 amide bonds. The van der Waals surface area contributed by atoms with Gasteiger partial charge >= 0.3 is 0 Å². The third kappa shape index (κ3) is 5.51. The molecule has 1 fully saturated rings. The smallest absolute Gasteiger partial charge is 0.0932 e. The Labute approximate surface area is 174 Å². The van der Waals surface area contributed by atoms with Gasteiger partial charge in [-0.05, 0) is 75.2 Å². The highest BCUT2D eigenvalue weighted by molar-refractivity contribution is 5.59. The van der Waals surface area contributed by atoms with Gasteiger partial charge in [-0.3, -0.25) is 4.90 Å². The van der Waals surface area contributed by atoms with Crippen LogP contribution in [0.2, 0.25) is 0 Å². The number of hydrogen-bond acceptors (Lipinski definition) is 3. The van der Waals surface area contributed by atoms with Crippen molar-refractivity contribution in [2.24, 2.45) is 5.92 Å². The van der Waals surface area contributed by atoms with Crippen LogP contribution in [0.4, 0.5) is 0 Å². The summed E-state index contributed by atoms with van der Waals surface area (Å²) in [4.78, 5) is 2.60. The summed E-state index contributed by atoms with van der Waals surface area (Å²) in [7, 11) is 0. The number of piperidine rings is 1. The summed E-state index contributed by atoms with van der Waals surface area (Å²) in [5.74, 6) is 0.860. The molecule has 0 spiro atoms. The van der Waals surface area contributed by atoms with E-state index >= 15 is 0 Å². The lowest BCUT2D eigenvalue weighted by molar-refractivity contribution is 0.171. The van der Waals surface area contributed by atoms with Crippen LogP contribution in [-0.4, -0.2) is 28.2 Å². The summed E-state index contributed by atoms with van der Waals surface area (Å²) in [6.07, 6.45) is 6.21. The predicted octanol–water partition coefficient (Wildman–Crippen LogP) is 5.69. The van der Waals surface area contributed by atoms with Crippen molar-refractivity contribution in [3.8, 4) is 11.3 Å². The van der Waals surface area contributed by atoms with Gasteiger partial charge < -0.3 is 0 Å². The van der Waals surface area contributed by atoms with Gasteiger partial charge in [-0.1, -0.05) is 60.7 Å². The molecule has 150 valence electrons. The average Bonchev–Trinajstić information content (AvgIpc) is 2.77. The zero-order chi connectivity index (χ0) is 19.9. The lowest BCUT2D eigenvalue weighted by Gasteiger charge is -2.32. The van der Waals surface area contributed by atoms with Crippen LogP contribution in [0.3, 0.4) is 0 Å². The summed E-state index contributed by atoms with van der Waals surface area (Å²) in [5.41, 5.74) is 5.95. The second kappa shape index (κ2) is 9.80. The van der Waals surface area contributed by atoms with Crippen molar-refractivity contribution in [1.29, 1.82) is 0 Å². The minimum Gasteiger partial charge on any atom is -0.299 e. The fraction of sp³-hybridized carbons (Fsp3) is 0.385. The van der Waals surface area contributed by atoms with Crippen LogP contribution in [0, 0.1) is 12.8 Å². The molecular weight excluding hydrogens is 354 g/mol. The molecule has 0 saturated carbocycles. The molecule has 4 rings (SSSR count). The highest BCUT2D eigenvalue weighted by Crippen LogP contribution is 2.24. The second-order valence-corrected chi connectivity index (χ2v) is 8.32. The molecule has 3 aromatic rings. The number of hydrogen-bond donors (Lipinski definition) is 0. The fourth-order valence-corrected chi connectivity index (χ4v) is 4.34. The van der Waals surface area contributed by atoms with Gasteiger partial charge in [0.25, 0.3) is 0 Å². The Hall–Kier alpha value is -2.52. The first-order valence-electron chi connectivity index (χ1n) is 10.9. The zero-order valence-corrected chi connectivity index (χ0v) is 17.4. The van der Waals surface area contributed by atoms with Crippen LogP contribution < -0.4 is 0 Å². The monoisotopic (exact) mass is 385 g/mol. The van der Waals surface area contributed by atoms with Crippen molar-refractivity contribution in [2.75, 3.05) is 13.1 Å². The lowest BCUT2D eigenvalue weighted by Crippen LogP contribution is -2.33. The summed E-state index contributed by atoms with van der Waals surface area (Å²) < 4.78 is 0. The van der Waals surface area contributed by atoms with Gasteiger partial charge in [0.1, 0.15) is 0 Å². The Morgan fingerprint density at radius 2 is 1.59 bits per heavy atom. The SMILES string of the molecule is Cc1cc(-c2ccccc2)nnc1CCCC1CCN(Cc2ccccc2)CC1. The van der Waals surface area contributed by atoms with Crippen LogP contribution >= 0.6 is 0 Å². The van der Waals surface area contributed by atoms with E-state index in [0.29, 0.717) is 0 Å². The Morgan fingerprint density at radius 1 is 0.897 bits per heavy atom. The first-order valence-corrected chi connectivity index (χ1v) is 10.9. The lowest BCUT2D eigenvalue weighted by atomic mass is 9.91. The Bertz CT molecular complexity index is 884. The number of benzene rings is 2. The molecule has 0 N–H and O–H groups in total.